The van der Waals surface area contributed by atoms with Crippen LogP contribution in [-0.4, -0.2) is 93.5 Å². The third-order valence-corrected chi connectivity index (χ3v) is 5.37. The standard InChI is InChI=1S/C14H14N2.C13H12N2.C2H9BN2O.C2H6.CH7BN2O.CH3Br.CH6N2.CH3NO2.2CH5N/c1-15-16-14(12-8-4-2-5-9-12)13-10-6-3-7-11-13;14-15-13(11-7-3-1-4-8-11)12-9-5-2-6-10-12;1-3(6)5(2)4;1-2;1-2(5)4-3;1-2;1-3-2;1-2(3)4;2*1-2/h2-11,15H,1H3;1-10H,14H2;6H,4H2,1-2H3;1-2H3;4-5H,3H2,1H3;1H3;3H,2H2,1H3;1H3;2*2H2,1H3. The highest BCUT2D eigenvalue weighted by Crippen LogP contribution is 2.11. The zero-order chi connectivity index (χ0) is 45.5. The molecule has 0 aliphatic heterocycles. The number of hydrazone groups is 2. The SMILES string of the molecule is CB(O)N(C)N.CB(O)NN.CBr.CC.CN.CN.CNN.CNN=C(c1ccccc1)c1ccccc1.C[N+](=O)[O-].NN=C(c1ccccc1)c1ccccc1. The molecule has 0 atom stereocenters. The summed E-state index contributed by atoms with van der Waals surface area (Å²) in [4.78, 5) is 9.53. The average Bonchev–Trinajstić information content (AvgIpc) is 3.25. The van der Waals surface area contributed by atoms with Crippen LogP contribution in [0, 0.1) is 10.1 Å². The van der Waals surface area contributed by atoms with Gasteiger partial charge in [-0.15, -0.1) is 0 Å². The van der Waals surface area contributed by atoms with Gasteiger partial charge >= 0.3 is 14.1 Å². The van der Waals surface area contributed by atoms with Gasteiger partial charge in [-0.3, -0.25) is 43.3 Å². The Bertz CT molecular complexity index is 1330. The Balaban J connectivity index is -0.000000145. The highest BCUT2D eigenvalue weighted by atomic mass is 79.9. The molecule has 0 aromatic heterocycles. The van der Waals surface area contributed by atoms with Crippen LogP contribution in [-0.2, 0) is 0 Å². The van der Waals surface area contributed by atoms with Gasteiger partial charge in [-0.1, -0.05) is 151 Å². The maximum Gasteiger partial charge on any atom is 0.390 e. The van der Waals surface area contributed by atoms with Crippen molar-refractivity contribution in [2.75, 3.05) is 48.1 Å². The minimum Gasteiger partial charge on any atom is -0.437 e. The molecule has 0 bridgehead atoms. The molecule has 0 saturated heterocycles. The van der Waals surface area contributed by atoms with E-state index in [4.69, 9.17) is 31.8 Å². The highest BCUT2D eigenvalue weighted by Gasteiger charge is 2.06. The summed E-state index contributed by atoms with van der Waals surface area (Å²) < 4.78 is 0. The van der Waals surface area contributed by atoms with Crippen LogP contribution in [0.15, 0.2) is 132 Å². The number of benzene rings is 4. The van der Waals surface area contributed by atoms with Crippen molar-refractivity contribution < 1.29 is 15.0 Å². The quantitative estimate of drug-likeness (QED) is 0.0318. The first-order chi connectivity index (χ1) is 27.4. The predicted molar refractivity (Wildman–Crippen MR) is 250 cm³/mol. The maximum absolute atomic E-state index is 8.81. The van der Waals surface area contributed by atoms with Crippen LogP contribution in [0.3, 0.4) is 0 Å². The van der Waals surface area contributed by atoms with Gasteiger partial charge in [0.25, 0.3) is 0 Å². The first kappa shape index (κ1) is 64.3. The summed E-state index contributed by atoms with van der Waals surface area (Å²) in [6, 6.07) is 40.2. The van der Waals surface area contributed by atoms with Gasteiger partial charge in [0.15, 0.2) is 7.05 Å². The van der Waals surface area contributed by atoms with E-state index in [1.807, 2.05) is 124 Å². The zero-order valence-electron chi connectivity index (χ0n) is 35.5. The normalized spacial score (nSPS) is 8.07. The van der Waals surface area contributed by atoms with E-state index in [-0.39, 0.29) is 0 Å². The molecule has 0 heterocycles. The van der Waals surface area contributed by atoms with Crippen LogP contribution in [0.5, 0.6) is 0 Å². The summed E-state index contributed by atoms with van der Waals surface area (Å²) in [5.41, 5.74) is 20.2. The van der Waals surface area contributed by atoms with Gasteiger partial charge < -0.3 is 32.8 Å². The molecule has 0 aliphatic rings. The number of nitrogens with one attached hydrogen (secondary N) is 3. The minimum absolute atomic E-state index is 0.500. The van der Waals surface area contributed by atoms with Crippen molar-refractivity contribution in [3.8, 4) is 0 Å². The van der Waals surface area contributed by atoms with Crippen LogP contribution in [0.1, 0.15) is 36.1 Å². The monoisotopic (exact) mass is 862 g/mol. The number of rotatable bonds is 7. The molecule has 4 aromatic carbocycles. The Morgan fingerprint density at radius 3 is 1.04 bits per heavy atom. The van der Waals surface area contributed by atoms with E-state index in [1.165, 1.54) is 19.0 Å². The van der Waals surface area contributed by atoms with Crippen LogP contribution >= 0.6 is 15.9 Å². The zero-order valence-corrected chi connectivity index (χ0v) is 37.1. The van der Waals surface area contributed by atoms with Gasteiger partial charge in [-0.05, 0) is 47.7 Å². The van der Waals surface area contributed by atoms with E-state index < -0.39 is 19.0 Å². The molecular formula is C37H70B2BrN13O4. The number of halogens is 1. The molecule has 0 saturated carbocycles. The number of alkyl halides is 1. The molecule has 20 heteroatoms. The number of hydrogen-bond donors (Lipinski definition) is 11. The summed E-state index contributed by atoms with van der Waals surface area (Å²) in [6.07, 6.45) is 0. The minimum atomic E-state index is -0.588. The predicted octanol–water partition coefficient (Wildman–Crippen LogP) is 2.68. The lowest BCUT2D eigenvalue weighted by molar-refractivity contribution is -0.445. The fourth-order valence-electron chi connectivity index (χ4n) is 3.11. The van der Waals surface area contributed by atoms with E-state index in [0.29, 0.717) is 0 Å². The smallest absolute Gasteiger partial charge is 0.390 e. The first-order valence-electron chi connectivity index (χ1n) is 17.4. The van der Waals surface area contributed by atoms with Gasteiger partial charge in [0, 0.05) is 34.2 Å². The van der Waals surface area contributed by atoms with Crippen molar-refractivity contribution in [3.05, 3.63) is 154 Å². The number of hydrazine groups is 3. The lowest BCUT2D eigenvalue weighted by atomic mass is 9.89. The lowest BCUT2D eigenvalue weighted by Crippen LogP contribution is -2.38. The molecule has 320 valence electrons. The number of nitrogens with zero attached hydrogens (tertiary/aromatic N) is 4. The second-order valence-electron chi connectivity index (χ2n) is 9.49. The summed E-state index contributed by atoms with van der Waals surface area (Å²) >= 11 is 2.94. The molecule has 4 aromatic rings. The molecule has 0 radical (unpaired) electrons. The summed E-state index contributed by atoms with van der Waals surface area (Å²) in [7, 11) is 7.83. The van der Waals surface area contributed by atoms with Gasteiger partial charge in [0.1, 0.15) is 0 Å². The Morgan fingerprint density at radius 1 is 0.702 bits per heavy atom. The third-order valence-electron chi connectivity index (χ3n) is 5.37. The molecular weight excluding hydrogens is 792 g/mol. The van der Waals surface area contributed by atoms with Crippen LogP contribution < -0.4 is 51.0 Å². The molecule has 0 amide bonds. The Kier molecular flexibility index (Phi) is 58.0. The van der Waals surface area contributed by atoms with Gasteiger partial charge in [-0.2, -0.15) is 10.2 Å². The van der Waals surface area contributed by atoms with E-state index in [9.17, 15) is 0 Å². The second-order valence-corrected chi connectivity index (χ2v) is 9.49. The van der Waals surface area contributed by atoms with E-state index >= 15 is 0 Å². The van der Waals surface area contributed by atoms with Gasteiger partial charge in [0.05, 0.1) is 11.4 Å². The van der Waals surface area contributed by atoms with Crippen molar-refractivity contribution in [2.45, 2.75) is 27.5 Å². The summed E-state index contributed by atoms with van der Waals surface area (Å²) in [6.45, 7) is 7.14. The fraction of sp³-hybridized carbons (Fsp3) is 0.297. The molecule has 17 N–H and O–H groups in total. The summed E-state index contributed by atoms with van der Waals surface area (Å²) in [5, 5.41) is 35.6. The Morgan fingerprint density at radius 2 is 0.895 bits per heavy atom. The van der Waals surface area contributed by atoms with Crippen molar-refractivity contribution >= 4 is 41.5 Å². The van der Waals surface area contributed by atoms with Crippen molar-refractivity contribution in [3.63, 3.8) is 0 Å². The second kappa shape index (κ2) is 51.4. The highest BCUT2D eigenvalue weighted by molar-refractivity contribution is 9.08. The molecule has 0 fully saturated rings. The molecule has 17 nitrogen and oxygen atoms in total. The van der Waals surface area contributed by atoms with E-state index in [2.05, 4.69) is 89.7 Å². The molecule has 57 heavy (non-hydrogen) atoms. The van der Waals surface area contributed by atoms with Crippen molar-refractivity contribution in [2.24, 2.45) is 45.0 Å². The summed E-state index contributed by atoms with van der Waals surface area (Å²) in [5.74, 6) is 21.5. The van der Waals surface area contributed by atoms with Crippen LogP contribution in [0.4, 0.5) is 0 Å². The van der Waals surface area contributed by atoms with E-state index in [1.54, 1.807) is 27.7 Å². The van der Waals surface area contributed by atoms with Crippen molar-refractivity contribution in [1.82, 2.24) is 21.1 Å². The topological polar surface area (TPSA) is 304 Å². The fourth-order valence-corrected chi connectivity index (χ4v) is 3.11. The molecule has 4 rings (SSSR count). The van der Waals surface area contributed by atoms with Crippen LogP contribution in [0.25, 0.3) is 0 Å². The van der Waals surface area contributed by atoms with Gasteiger partial charge in [0.2, 0.25) is 0 Å². The molecule has 0 spiro atoms. The first-order valence-corrected chi connectivity index (χ1v) is 19.0. The Hall–Kier alpha value is -4.57. The number of nitrogens with two attached hydrogens (primary N) is 6. The third kappa shape index (κ3) is 42.4. The number of nitro groups is 1. The largest absolute Gasteiger partial charge is 0.437 e. The average molecular weight is 863 g/mol. The molecule has 0 aliphatic carbocycles. The van der Waals surface area contributed by atoms with E-state index in [0.717, 1.165) is 40.7 Å². The van der Waals surface area contributed by atoms with Crippen molar-refractivity contribution in [1.29, 1.82) is 0 Å². The number of hydrogen-bond acceptors (Lipinski definition) is 16. The maximum atomic E-state index is 8.81. The van der Waals surface area contributed by atoms with Gasteiger partial charge in [-0.25, -0.2) is 0 Å². The molecule has 0 unspecified atom stereocenters. The van der Waals surface area contributed by atoms with Crippen LogP contribution in [0.2, 0.25) is 13.6 Å². The lowest BCUT2D eigenvalue weighted by Gasteiger charge is -2.06. The Labute approximate surface area is 350 Å².